The van der Waals surface area contributed by atoms with Gasteiger partial charge in [-0.3, -0.25) is 0 Å². The number of rotatable bonds is 6. The maximum Gasteiger partial charge on any atom is 0.338 e. The van der Waals surface area contributed by atoms with Crippen molar-refractivity contribution in [3.05, 3.63) is 47.5 Å². The molecule has 0 amide bonds. The number of nitrogen functional groups attached to an aromatic ring is 2. The lowest BCUT2D eigenvalue weighted by Gasteiger charge is -2.13. The Kier molecular flexibility index (Phi) is 5.39. The van der Waals surface area contributed by atoms with Crippen LogP contribution in [0.25, 0.3) is 11.1 Å². The molecule has 0 heterocycles. The Labute approximate surface area is 138 Å². The summed E-state index contributed by atoms with van der Waals surface area (Å²) in [4.78, 5) is 23.7. The highest BCUT2D eigenvalue weighted by Gasteiger charge is 2.19. The number of hydrogen-bond donors (Lipinski definition) is 4. The fraction of sp³-hybridized carbons (Fsp3) is 0.176. The molecule has 6 N–H and O–H groups in total. The molecule has 2 aromatic carbocycles. The van der Waals surface area contributed by atoms with Crippen molar-refractivity contribution >= 4 is 23.3 Å². The van der Waals surface area contributed by atoms with Crippen LogP contribution in [0.5, 0.6) is 0 Å². The van der Waals surface area contributed by atoms with Gasteiger partial charge in [-0.05, 0) is 47.5 Å². The van der Waals surface area contributed by atoms with Gasteiger partial charge >= 0.3 is 11.9 Å². The fourth-order valence-corrected chi connectivity index (χ4v) is 2.24. The molecule has 0 aliphatic rings. The molecular weight excluding hydrogens is 312 g/mol. The number of nitrogens with two attached hydrogens (primary N) is 2. The van der Waals surface area contributed by atoms with E-state index in [0.29, 0.717) is 23.4 Å². The largest absolute Gasteiger partial charge is 0.478 e. The summed E-state index contributed by atoms with van der Waals surface area (Å²) in [6.07, 6.45) is 0.314. The average Bonchev–Trinajstić information content (AvgIpc) is 2.54. The predicted octanol–water partition coefficient (Wildman–Crippen LogP) is 1.76. The molecule has 24 heavy (non-hydrogen) atoms. The number of hydrogen-bond acceptors (Lipinski definition) is 6. The van der Waals surface area contributed by atoms with E-state index >= 15 is 0 Å². The van der Waals surface area contributed by atoms with Crippen molar-refractivity contribution in [3.8, 4) is 11.1 Å². The summed E-state index contributed by atoms with van der Waals surface area (Å²) in [5.41, 5.74) is 13.1. The van der Waals surface area contributed by atoms with Crippen LogP contribution in [-0.4, -0.2) is 35.4 Å². The molecule has 2 rings (SSSR count). The number of aliphatic hydroxyl groups is 1. The molecule has 0 atom stereocenters. The number of carbonyl (C=O) groups excluding carboxylic acids is 1. The van der Waals surface area contributed by atoms with Crippen LogP contribution in [0.1, 0.15) is 27.1 Å². The molecule has 126 valence electrons. The van der Waals surface area contributed by atoms with Gasteiger partial charge in [0.25, 0.3) is 0 Å². The van der Waals surface area contributed by atoms with Crippen molar-refractivity contribution in [2.75, 3.05) is 24.7 Å². The third-order valence-corrected chi connectivity index (χ3v) is 3.36. The first-order valence-corrected chi connectivity index (χ1v) is 7.24. The van der Waals surface area contributed by atoms with Crippen LogP contribution in [-0.2, 0) is 4.74 Å². The fourth-order valence-electron chi connectivity index (χ4n) is 2.24. The van der Waals surface area contributed by atoms with Crippen LogP contribution in [0, 0.1) is 0 Å². The monoisotopic (exact) mass is 330 g/mol. The molecule has 2 aromatic rings. The number of ether oxygens (including phenoxy) is 1. The summed E-state index contributed by atoms with van der Waals surface area (Å²) in [5.74, 6) is -1.77. The molecule has 0 saturated heterocycles. The third-order valence-electron chi connectivity index (χ3n) is 3.36. The lowest BCUT2D eigenvalue weighted by Crippen LogP contribution is -2.10. The van der Waals surface area contributed by atoms with Gasteiger partial charge in [-0.15, -0.1) is 0 Å². The Balaban J connectivity index is 2.54. The van der Waals surface area contributed by atoms with Crippen molar-refractivity contribution in [1.29, 1.82) is 0 Å². The van der Waals surface area contributed by atoms with E-state index in [4.69, 9.17) is 21.3 Å². The molecule has 0 radical (unpaired) electrons. The molecular formula is C17H18N2O5. The first-order chi connectivity index (χ1) is 11.4. The van der Waals surface area contributed by atoms with Gasteiger partial charge in [0, 0.05) is 24.4 Å². The van der Waals surface area contributed by atoms with Gasteiger partial charge in [0.15, 0.2) is 0 Å². The molecule has 0 aromatic heterocycles. The summed E-state index contributed by atoms with van der Waals surface area (Å²) in [7, 11) is 0. The lowest BCUT2D eigenvalue weighted by molar-refractivity contribution is 0.0482. The Bertz CT molecular complexity index is 774. The first kappa shape index (κ1) is 17.3. The Morgan fingerprint density at radius 3 is 2.04 bits per heavy atom. The van der Waals surface area contributed by atoms with Crippen molar-refractivity contribution in [2.45, 2.75) is 6.42 Å². The van der Waals surface area contributed by atoms with Crippen LogP contribution < -0.4 is 11.5 Å². The van der Waals surface area contributed by atoms with E-state index in [1.54, 1.807) is 0 Å². The standard InChI is InChI=1S/C17H18N2O5/c18-10-2-4-12(16(21)22)14(8-10)15-9-11(19)3-5-13(15)17(23)24-7-1-6-20/h2-5,8-9,20H,1,6-7,18-19H2,(H,21,22). The number of benzene rings is 2. The second-order valence-electron chi connectivity index (χ2n) is 5.13. The summed E-state index contributed by atoms with van der Waals surface area (Å²) in [6.45, 7) is -0.0396. The SMILES string of the molecule is Nc1ccc(C(=O)O)c(-c2cc(N)ccc2C(=O)OCCCO)c1. The van der Waals surface area contributed by atoms with E-state index in [-0.39, 0.29) is 29.9 Å². The highest BCUT2D eigenvalue weighted by Crippen LogP contribution is 2.31. The van der Waals surface area contributed by atoms with Gasteiger partial charge in [-0.2, -0.15) is 0 Å². The molecule has 0 saturated carbocycles. The smallest absolute Gasteiger partial charge is 0.338 e. The number of carboxylic acids is 1. The zero-order valence-electron chi connectivity index (χ0n) is 12.9. The van der Waals surface area contributed by atoms with E-state index < -0.39 is 11.9 Å². The van der Waals surface area contributed by atoms with Gasteiger partial charge in [0.1, 0.15) is 0 Å². The number of carboxylic acid groups (broad SMARTS) is 1. The number of esters is 1. The molecule has 0 fully saturated rings. The minimum Gasteiger partial charge on any atom is -0.478 e. The molecule has 0 spiro atoms. The Morgan fingerprint density at radius 2 is 1.50 bits per heavy atom. The maximum absolute atomic E-state index is 12.3. The minimum absolute atomic E-state index is 0.000733. The van der Waals surface area contributed by atoms with E-state index in [1.165, 1.54) is 36.4 Å². The number of carbonyl (C=O) groups is 2. The van der Waals surface area contributed by atoms with Crippen molar-refractivity contribution in [3.63, 3.8) is 0 Å². The molecule has 0 aliphatic carbocycles. The van der Waals surface area contributed by atoms with Crippen LogP contribution in [0.3, 0.4) is 0 Å². The van der Waals surface area contributed by atoms with Crippen molar-refractivity contribution < 1.29 is 24.5 Å². The van der Waals surface area contributed by atoms with Crippen molar-refractivity contribution in [2.24, 2.45) is 0 Å². The summed E-state index contributed by atoms with van der Waals surface area (Å²) < 4.78 is 5.08. The number of anilines is 2. The highest BCUT2D eigenvalue weighted by atomic mass is 16.5. The molecule has 7 heteroatoms. The van der Waals surface area contributed by atoms with Gasteiger partial charge in [0.05, 0.1) is 17.7 Å². The van der Waals surface area contributed by atoms with E-state index in [9.17, 15) is 14.7 Å². The first-order valence-electron chi connectivity index (χ1n) is 7.24. The van der Waals surface area contributed by atoms with Gasteiger partial charge in [-0.25, -0.2) is 9.59 Å². The van der Waals surface area contributed by atoms with E-state index in [0.717, 1.165) is 0 Å². The topological polar surface area (TPSA) is 136 Å². The van der Waals surface area contributed by atoms with Crippen LogP contribution in [0.2, 0.25) is 0 Å². The summed E-state index contributed by atoms with van der Waals surface area (Å²) in [5, 5.41) is 18.1. The molecule has 0 aliphatic heterocycles. The highest BCUT2D eigenvalue weighted by molar-refractivity contribution is 6.03. The minimum atomic E-state index is -1.15. The van der Waals surface area contributed by atoms with Crippen LogP contribution in [0.4, 0.5) is 11.4 Å². The van der Waals surface area contributed by atoms with Gasteiger partial charge in [0.2, 0.25) is 0 Å². The number of aliphatic hydroxyl groups excluding tert-OH is 1. The molecule has 0 bridgehead atoms. The summed E-state index contributed by atoms with van der Waals surface area (Å²) in [6, 6.07) is 8.82. The van der Waals surface area contributed by atoms with E-state index in [2.05, 4.69) is 0 Å². The maximum atomic E-state index is 12.3. The van der Waals surface area contributed by atoms with Crippen LogP contribution >= 0.6 is 0 Å². The quantitative estimate of drug-likeness (QED) is 0.360. The second-order valence-corrected chi connectivity index (χ2v) is 5.13. The average molecular weight is 330 g/mol. The van der Waals surface area contributed by atoms with Gasteiger partial charge < -0.3 is 26.4 Å². The van der Waals surface area contributed by atoms with Crippen LogP contribution in [0.15, 0.2) is 36.4 Å². The Hall–Kier alpha value is -3.06. The molecule has 0 unspecified atom stereocenters. The van der Waals surface area contributed by atoms with E-state index in [1.807, 2.05) is 0 Å². The number of aromatic carboxylic acids is 1. The third kappa shape index (κ3) is 3.82. The normalized spacial score (nSPS) is 10.4. The zero-order chi connectivity index (χ0) is 17.7. The molecule has 7 nitrogen and oxygen atoms in total. The van der Waals surface area contributed by atoms with Crippen molar-refractivity contribution in [1.82, 2.24) is 0 Å². The predicted molar refractivity (Wildman–Crippen MR) is 89.6 cm³/mol. The van der Waals surface area contributed by atoms with Gasteiger partial charge in [-0.1, -0.05) is 0 Å². The Morgan fingerprint density at radius 1 is 0.958 bits per heavy atom. The second kappa shape index (κ2) is 7.47. The zero-order valence-corrected chi connectivity index (χ0v) is 12.9. The lowest BCUT2D eigenvalue weighted by atomic mass is 9.94. The summed E-state index contributed by atoms with van der Waals surface area (Å²) >= 11 is 0.